The predicted molar refractivity (Wildman–Crippen MR) is 73.0 cm³/mol. The Kier molecular flexibility index (Phi) is 3.30. The molecule has 0 saturated heterocycles. The van der Waals surface area contributed by atoms with Crippen LogP contribution in [0.2, 0.25) is 0 Å². The summed E-state index contributed by atoms with van der Waals surface area (Å²) in [6, 6.07) is 4.72. The van der Waals surface area contributed by atoms with Crippen LogP contribution in [0.5, 0.6) is 0 Å². The normalized spacial score (nSPS) is 10.2. The number of hydrogen-bond acceptors (Lipinski definition) is 5. The zero-order chi connectivity index (χ0) is 12.4. The van der Waals surface area contributed by atoms with Crippen LogP contribution in [-0.2, 0) is 0 Å². The molecule has 1 aromatic heterocycles. The number of carbonyl (C=O) groups is 1. The minimum atomic E-state index is -0.286. The van der Waals surface area contributed by atoms with Crippen LogP contribution in [0.25, 0.3) is 0 Å². The molecule has 17 heavy (non-hydrogen) atoms. The van der Waals surface area contributed by atoms with Crippen LogP contribution in [0.15, 0.2) is 28.2 Å². The maximum atomic E-state index is 11.9. The first-order valence-electron chi connectivity index (χ1n) is 4.63. The molecule has 1 amide bonds. The monoisotopic (exact) mass is 312 g/mol. The van der Waals surface area contributed by atoms with E-state index in [1.807, 2.05) is 0 Å². The van der Waals surface area contributed by atoms with E-state index in [4.69, 9.17) is 11.5 Å². The highest BCUT2D eigenvalue weighted by atomic mass is 79.9. The van der Waals surface area contributed by atoms with Gasteiger partial charge in [0.15, 0.2) is 5.13 Å². The van der Waals surface area contributed by atoms with Crippen LogP contribution in [0, 0.1) is 0 Å². The van der Waals surface area contributed by atoms with Crippen LogP contribution in [0.3, 0.4) is 0 Å². The molecule has 0 saturated carbocycles. The molecular formula is C10H9BrN4OS. The summed E-state index contributed by atoms with van der Waals surface area (Å²) in [6.45, 7) is 0. The van der Waals surface area contributed by atoms with Crippen molar-refractivity contribution in [1.29, 1.82) is 0 Å². The van der Waals surface area contributed by atoms with Crippen LogP contribution in [0.1, 0.15) is 10.4 Å². The first-order chi connectivity index (χ1) is 8.04. The van der Waals surface area contributed by atoms with E-state index < -0.39 is 0 Å². The number of benzene rings is 1. The van der Waals surface area contributed by atoms with Gasteiger partial charge in [0.05, 0.1) is 9.98 Å². The molecule has 1 heterocycles. The van der Waals surface area contributed by atoms with Gasteiger partial charge < -0.3 is 11.5 Å². The number of nitrogens with two attached hydrogens (primary N) is 2. The van der Waals surface area contributed by atoms with Gasteiger partial charge in [0, 0.05) is 16.9 Å². The predicted octanol–water partition coefficient (Wildman–Crippen LogP) is 2.32. The number of rotatable bonds is 2. The van der Waals surface area contributed by atoms with Gasteiger partial charge in [-0.15, -0.1) is 0 Å². The highest BCUT2D eigenvalue weighted by molar-refractivity contribution is 9.11. The van der Waals surface area contributed by atoms with Gasteiger partial charge in [0.1, 0.15) is 0 Å². The van der Waals surface area contributed by atoms with Gasteiger partial charge in [-0.3, -0.25) is 10.1 Å². The van der Waals surface area contributed by atoms with Crippen molar-refractivity contribution < 1.29 is 4.79 Å². The molecular weight excluding hydrogens is 304 g/mol. The number of amides is 1. The quantitative estimate of drug-likeness (QED) is 0.742. The number of nitrogens with one attached hydrogen (secondary N) is 1. The number of carbonyl (C=O) groups excluding carboxylic acids is 1. The molecule has 7 heteroatoms. The molecule has 0 bridgehead atoms. The Labute approximate surface area is 110 Å². The van der Waals surface area contributed by atoms with Crippen molar-refractivity contribution in [2.45, 2.75) is 0 Å². The topological polar surface area (TPSA) is 94.0 Å². The Morgan fingerprint density at radius 1 is 1.29 bits per heavy atom. The lowest BCUT2D eigenvalue weighted by Gasteiger charge is -2.04. The Morgan fingerprint density at radius 3 is 2.47 bits per heavy atom. The van der Waals surface area contributed by atoms with Crippen molar-refractivity contribution in [3.8, 4) is 0 Å². The van der Waals surface area contributed by atoms with Gasteiger partial charge in [-0.1, -0.05) is 11.3 Å². The van der Waals surface area contributed by atoms with Crippen LogP contribution in [-0.4, -0.2) is 10.9 Å². The fourth-order valence-electron chi connectivity index (χ4n) is 1.29. The molecule has 0 radical (unpaired) electrons. The van der Waals surface area contributed by atoms with Crippen molar-refractivity contribution in [3.63, 3.8) is 0 Å². The number of nitrogen functional groups attached to an aromatic ring is 2. The molecule has 0 aliphatic carbocycles. The molecule has 0 atom stereocenters. The molecule has 0 aliphatic rings. The average molecular weight is 313 g/mol. The fraction of sp³-hybridized carbons (Fsp3) is 0. The molecule has 88 valence electrons. The molecule has 0 aliphatic heterocycles. The summed E-state index contributed by atoms with van der Waals surface area (Å²) in [4.78, 5) is 15.9. The highest BCUT2D eigenvalue weighted by Gasteiger charge is 2.09. The summed E-state index contributed by atoms with van der Waals surface area (Å²) in [6.07, 6.45) is 1.62. The standard InChI is InChI=1S/C10H9BrN4OS/c11-8-4-14-10(17-8)15-9(16)5-1-6(12)3-7(13)2-5/h1-4H,12-13H2,(H,14,15,16). The number of thiazole rings is 1. The van der Waals surface area contributed by atoms with E-state index in [1.54, 1.807) is 24.4 Å². The van der Waals surface area contributed by atoms with Crippen LogP contribution < -0.4 is 16.8 Å². The van der Waals surface area contributed by atoms with E-state index in [1.165, 1.54) is 11.3 Å². The van der Waals surface area contributed by atoms with Crippen molar-refractivity contribution in [2.75, 3.05) is 16.8 Å². The minimum absolute atomic E-state index is 0.286. The third-order valence-electron chi connectivity index (χ3n) is 1.94. The lowest BCUT2D eigenvalue weighted by Crippen LogP contribution is -2.12. The maximum absolute atomic E-state index is 11.9. The summed E-state index contributed by atoms with van der Waals surface area (Å²) < 4.78 is 0.847. The minimum Gasteiger partial charge on any atom is -0.399 e. The molecule has 0 unspecified atom stereocenters. The lowest BCUT2D eigenvalue weighted by molar-refractivity contribution is 0.102. The van der Waals surface area contributed by atoms with E-state index in [0.717, 1.165) is 3.79 Å². The second kappa shape index (κ2) is 4.72. The molecule has 2 aromatic rings. The van der Waals surface area contributed by atoms with Crippen molar-refractivity contribution in [2.24, 2.45) is 0 Å². The van der Waals surface area contributed by atoms with E-state index in [9.17, 15) is 4.79 Å². The Balaban J connectivity index is 2.19. The van der Waals surface area contributed by atoms with E-state index in [2.05, 4.69) is 26.2 Å². The third-order valence-corrected chi connectivity index (χ3v) is 3.33. The largest absolute Gasteiger partial charge is 0.399 e. The SMILES string of the molecule is Nc1cc(N)cc(C(=O)Nc2ncc(Br)s2)c1. The molecule has 0 fully saturated rings. The summed E-state index contributed by atoms with van der Waals surface area (Å²) in [7, 11) is 0. The number of halogens is 1. The summed E-state index contributed by atoms with van der Waals surface area (Å²) in [5.41, 5.74) is 12.5. The molecule has 2 rings (SSSR count). The smallest absolute Gasteiger partial charge is 0.257 e. The summed E-state index contributed by atoms with van der Waals surface area (Å²) >= 11 is 4.60. The Hall–Kier alpha value is -1.60. The van der Waals surface area contributed by atoms with Crippen molar-refractivity contribution >= 4 is 49.7 Å². The number of nitrogens with zero attached hydrogens (tertiary/aromatic N) is 1. The van der Waals surface area contributed by atoms with Gasteiger partial charge in [-0.05, 0) is 34.1 Å². The molecule has 0 spiro atoms. The van der Waals surface area contributed by atoms with Gasteiger partial charge in [0.2, 0.25) is 0 Å². The summed E-state index contributed by atoms with van der Waals surface area (Å²) in [5, 5.41) is 3.18. The van der Waals surface area contributed by atoms with Crippen LogP contribution in [0.4, 0.5) is 16.5 Å². The maximum Gasteiger partial charge on any atom is 0.257 e. The first kappa shape index (κ1) is 11.9. The van der Waals surface area contributed by atoms with E-state index in [0.29, 0.717) is 22.1 Å². The molecule has 5 nitrogen and oxygen atoms in total. The molecule has 5 N–H and O–H groups in total. The second-order valence-corrected chi connectivity index (χ2v) is 5.72. The average Bonchev–Trinajstić information content (AvgIpc) is 2.62. The summed E-state index contributed by atoms with van der Waals surface area (Å²) in [5.74, 6) is -0.286. The lowest BCUT2D eigenvalue weighted by atomic mass is 10.1. The number of anilines is 3. The van der Waals surface area contributed by atoms with Gasteiger partial charge >= 0.3 is 0 Å². The van der Waals surface area contributed by atoms with Gasteiger partial charge in [0.25, 0.3) is 5.91 Å². The molecule has 1 aromatic carbocycles. The number of aromatic nitrogens is 1. The zero-order valence-corrected chi connectivity index (χ0v) is 11.0. The van der Waals surface area contributed by atoms with Crippen molar-refractivity contribution in [3.05, 3.63) is 33.7 Å². The van der Waals surface area contributed by atoms with Gasteiger partial charge in [-0.25, -0.2) is 4.98 Å². The third kappa shape index (κ3) is 2.95. The Morgan fingerprint density at radius 2 is 1.94 bits per heavy atom. The first-order valence-corrected chi connectivity index (χ1v) is 6.24. The number of hydrogen-bond donors (Lipinski definition) is 3. The van der Waals surface area contributed by atoms with E-state index in [-0.39, 0.29) is 5.91 Å². The van der Waals surface area contributed by atoms with Crippen LogP contribution >= 0.6 is 27.3 Å². The van der Waals surface area contributed by atoms with Gasteiger partial charge in [-0.2, -0.15) is 0 Å². The second-order valence-electron chi connectivity index (χ2n) is 3.31. The fourth-order valence-corrected chi connectivity index (χ4v) is 2.39. The van der Waals surface area contributed by atoms with Crippen molar-refractivity contribution in [1.82, 2.24) is 4.98 Å². The highest BCUT2D eigenvalue weighted by Crippen LogP contribution is 2.24. The Bertz CT molecular complexity index is 549. The zero-order valence-electron chi connectivity index (χ0n) is 8.61. The van der Waals surface area contributed by atoms with E-state index >= 15 is 0 Å².